The van der Waals surface area contributed by atoms with Crippen molar-refractivity contribution in [3.63, 3.8) is 0 Å². The van der Waals surface area contributed by atoms with E-state index in [2.05, 4.69) is 10.3 Å². The van der Waals surface area contributed by atoms with Crippen molar-refractivity contribution in [3.8, 4) is 0 Å². The van der Waals surface area contributed by atoms with E-state index in [-0.39, 0.29) is 18.6 Å². The smallest absolute Gasteiger partial charge is 0.272 e. The Hall–Kier alpha value is -1.62. The zero-order valence-corrected chi connectivity index (χ0v) is 9.77. The Labute approximate surface area is 95.1 Å². The Morgan fingerprint density at radius 3 is 2.88 bits per heavy atom. The molecule has 1 aromatic heterocycles. The number of hydrogen-bond donors (Lipinski definition) is 2. The van der Waals surface area contributed by atoms with Crippen LogP contribution in [-0.2, 0) is 0 Å². The fourth-order valence-corrected chi connectivity index (χ4v) is 1.20. The lowest BCUT2D eigenvalue weighted by Crippen LogP contribution is -2.23. The number of anilines is 1. The lowest BCUT2D eigenvalue weighted by Gasteiger charge is -2.14. The average Bonchev–Trinajstić information content (AvgIpc) is 2.28. The van der Waals surface area contributed by atoms with Gasteiger partial charge in [-0.15, -0.1) is 0 Å². The summed E-state index contributed by atoms with van der Waals surface area (Å²) in [4.78, 5) is 17.1. The summed E-state index contributed by atoms with van der Waals surface area (Å²) in [6, 6.07) is 3.39. The van der Waals surface area contributed by atoms with Crippen LogP contribution in [0.15, 0.2) is 18.3 Å². The van der Waals surface area contributed by atoms with Crippen LogP contribution in [0.5, 0.6) is 0 Å². The third-order valence-electron chi connectivity index (χ3n) is 2.07. The molecule has 0 aliphatic rings. The summed E-state index contributed by atoms with van der Waals surface area (Å²) in [6.45, 7) is 1.90. The summed E-state index contributed by atoms with van der Waals surface area (Å²) in [7, 11) is 3.36. The Kier molecular flexibility index (Phi) is 4.25. The van der Waals surface area contributed by atoms with E-state index < -0.39 is 0 Å². The number of pyridine rings is 1. The van der Waals surface area contributed by atoms with E-state index in [0.717, 1.165) is 5.69 Å². The molecule has 1 unspecified atom stereocenters. The Bertz CT molecular complexity index is 366. The number of rotatable bonds is 4. The lowest BCUT2D eigenvalue weighted by atomic mass is 10.2. The van der Waals surface area contributed by atoms with Crippen LogP contribution in [0.1, 0.15) is 17.4 Å². The molecule has 5 heteroatoms. The highest BCUT2D eigenvalue weighted by molar-refractivity contribution is 5.92. The van der Waals surface area contributed by atoms with Crippen molar-refractivity contribution < 1.29 is 9.90 Å². The van der Waals surface area contributed by atoms with Gasteiger partial charge in [0, 0.05) is 32.0 Å². The number of nitrogens with zero attached hydrogens (tertiary/aromatic N) is 2. The van der Waals surface area contributed by atoms with Gasteiger partial charge in [0.25, 0.3) is 5.91 Å². The van der Waals surface area contributed by atoms with Crippen molar-refractivity contribution in [2.45, 2.75) is 13.0 Å². The van der Waals surface area contributed by atoms with Crippen LogP contribution in [0.4, 0.5) is 5.69 Å². The molecule has 0 spiro atoms. The molecule has 1 atom stereocenters. The van der Waals surface area contributed by atoms with Crippen molar-refractivity contribution in [1.29, 1.82) is 0 Å². The van der Waals surface area contributed by atoms with Crippen molar-refractivity contribution in [2.75, 3.05) is 26.0 Å². The molecule has 1 aromatic rings. The minimum absolute atomic E-state index is 0.0410. The minimum Gasteiger partial charge on any atom is -0.394 e. The number of carbonyl (C=O) groups is 1. The maximum Gasteiger partial charge on any atom is 0.272 e. The Morgan fingerprint density at radius 1 is 1.62 bits per heavy atom. The largest absolute Gasteiger partial charge is 0.394 e. The van der Waals surface area contributed by atoms with E-state index in [1.54, 1.807) is 32.4 Å². The van der Waals surface area contributed by atoms with Gasteiger partial charge in [0.1, 0.15) is 5.69 Å². The van der Waals surface area contributed by atoms with Gasteiger partial charge < -0.3 is 15.3 Å². The van der Waals surface area contributed by atoms with Gasteiger partial charge in [-0.2, -0.15) is 0 Å². The first-order valence-electron chi connectivity index (χ1n) is 5.09. The van der Waals surface area contributed by atoms with Crippen LogP contribution in [0.25, 0.3) is 0 Å². The molecule has 0 fully saturated rings. The highest BCUT2D eigenvalue weighted by atomic mass is 16.3. The molecular weight excluding hydrogens is 206 g/mol. The van der Waals surface area contributed by atoms with Gasteiger partial charge in [-0.3, -0.25) is 9.78 Å². The van der Waals surface area contributed by atoms with E-state index >= 15 is 0 Å². The predicted molar refractivity (Wildman–Crippen MR) is 62.4 cm³/mol. The molecule has 88 valence electrons. The van der Waals surface area contributed by atoms with E-state index in [1.807, 2.05) is 6.92 Å². The molecule has 0 bridgehead atoms. The van der Waals surface area contributed by atoms with Gasteiger partial charge in [0.15, 0.2) is 0 Å². The van der Waals surface area contributed by atoms with Gasteiger partial charge in [0.2, 0.25) is 0 Å². The Morgan fingerprint density at radius 2 is 2.31 bits per heavy atom. The standard InChI is InChI=1S/C11H17N3O2/c1-8(7-15)13-9-4-5-12-10(6-9)11(16)14(2)3/h4-6,8,15H,7H2,1-3H3,(H,12,13). The van der Waals surface area contributed by atoms with Crippen LogP contribution in [0.3, 0.4) is 0 Å². The van der Waals surface area contributed by atoms with Crippen molar-refractivity contribution in [1.82, 2.24) is 9.88 Å². The first-order valence-corrected chi connectivity index (χ1v) is 5.09. The summed E-state index contributed by atoms with van der Waals surface area (Å²) >= 11 is 0. The van der Waals surface area contributed by atoms with Gasteiger partial charge in [0.05, 0.1) is 6.61 Å². The third-order valence-corrected chi connectivity index (χ3v) is 2.07. The van der Waals surface area contributed by atoms with Gasteiger partial charge in [-0.1, -0.05) is 0 Å². The minimum atomic E-state index is -0.139. The lowest BCUT2D eigenvalue weighted by molar-refractivity contribution is 0.0822. The highest BCUT2D eigenvalue weighted by Crippen LogP contribution is 2.10. The highest BCUT2D eigenvalue weighted by Gasteiger charge is 2.10. The molecule has 0 radical (unpaired) electrons. The number of aromatic nitrogens is 1. The van der Waals surface area contributed by atoms with Crippen LogP contribution < -0.4 is 5.32 Å². The number of hydrogen-bond acceptors (Lipinski definition) is 4. The summed E-state index contributed by atoms with van der Waals surface area (Å²) in [6.07, 6.45) is 1.57. The zero-order valence-electron chi connectivity index (χ0n) is 9.77. The van der Waals surface area contributed by atoms with Crippen molar-refractivity contribution >= 4 is 11.6 Å². The maximum absolute atomic E-state index is 11.6. The van der Waals surface area contributed by atoms with E-state index in [4.69, 9.17) is 5.11 Å². The molecule has 0 aromatic carbocycles. The van der Waals surface area contributed by atoms with Gasteiger partial charge in [-0.25, -0.2) is 0 Å². The van der Waals surface area contributed by atoms with Crippen molar-refractivity contribution in [2.24, 2.45) is 0 Å². The molecule has 5 nitrogen and oxygen atoms in total. The molecule has 1 amide bonds. The Balaban J connectivity index is 2.83. The topological polar surface area (TPSA) is 65.5 Å². The SMILES string of the molecule is CC(CO)Nc1ccnc(C(=O)N(C)C)c1. The zero-order chi connectivity index (χ0) is 12.1. The number of amides is 1. The monoisotopic (exact) mass is 223 g/mol. The first kappa shape index (κ1) is 12.4. The van der Waals surface area contributed by atoms with Crippen molar-refractivity contribution in [3.05, 3.63) is 24.0 Å². The normalized spacial score (nSPS) is 12.0. The molecule has 2 N–H and O–H groups in total. The first-order chi connectivity index (χ1) is 7.54. The molecule has 0 aliphatic carbocycles. The second kappa shape index (κ2) is 5.46. The van der Waals surface area contributed by atoms with Gasteiger partial charge >= 0.3 is 0 Å². The maximum atomic E-state index is 11.6. The number of aliphatic hydroxyl groups excluding tert-OH is 1. The second-order valence-corrected chi connectivity index (χ2v) is 3.86. The molecule has 1 rings (SSSR count). The van der Waals surface area contributed by atoms with Crippen LogP contribution >= 0.6 is 0 Å². The third kappa shape index (κ3) is 3.20. The van der Waals surface area contributed by atoms with E-state index in [1.165, 1.54) is 4.90 Å². The van der Waals surface area contributed by atoms with E-state index in [0.29, 0.717) is 5.69 Å². The summed E-state index contributed by atoms with van der Waals surface area (Å²) in [5.74, 6) is -0.139. The molecule has 0 saturated carbocycles. The fraction of sp³-hybridized carbons (Fsp3) is 0.455. The predicted octanol–water partition coefficient (Wildman–Crippen LogP) is 0.576. The number of nitrogens with one attached hydrogen (secondary N) is 1. The summed E-state index contributed by atoms with van der Waals surface area (Å²) < 4.78 is 0. The second-order valence-electron chi connectivity index (χ2n) is 3.86. The molecule has 0 aliphatic heterocycles. The summed E-state index contributed by atoms with van der Waals surface area (Å²) in [5.41, 5.74) is 1.17. The molecule has 16 heavy (non-hydrogen) atoms. The average molecular weight is 223 g/mol. The fourth-order valence-electron chi connectivity index (χ4n) is 1.20. The van der Waals surface area contributed by atoms with Gasteiger partial charge in [-0.05, 0) is 19.1 Å². The number of aliphatic hydroxyl groups is 1. The molecular formula is C11H17N3O2. The van der Waals surface area contributed by atoms with Crippen LogP contribution in [0.2, 0.25) is 0 Å². The summed E-state index contributed by atoms with van der Waals surface area (Å²) in [5, 5.41) is 12.0. The van der Waals surface area contributed by atoms with E-state index in [9.17, 15) is 4.79 Å². The molecule has 0 saturated heterocycles. The molecule has 1 heterocycles. The van der Waals surface area contributed by atoms with Crippen LogP contribution in [-0.4, -0.2) is 47.6 Å². The van der Waals surface area contributed by atoms with Crippen LogP contribution in [0, 0.1) is 0 Å². The quantitative estimate of drug-likeness (QED) is 0.783. The number of carbonyl (C=O) groups excluding carboxylic acids is 1.